The Morgan fingerprint density at radius 1 is 1.30 bits per heavy atom. The Bertz CT molecular complexity index is 1190. The average Bonchev–Trinajstić information content (AvgIpc) is 3.33. The molecule has 3 rings (SSSR count). The summed E-state index contributed by atoms with van der Waals surface area (Å²) < 4.78 is 39.3. The number of benzene rings is 1. The highest BCUT2D eigenvalue weighted by Gasteiger charge is 2.51. The number of allylic oxidation sites excluding steroid dienone is 3. The summed E-state index contributed by atoms with van der Waals surface area (Å²) in [5.74, 6) is -1.46. The molecule has 0 fully saturated rings. The summed E-state index contributed by atoms with van der Waals surface area (Å²) in [5, 5.41) is 5.63. The average molecular weight is 531 g/mol. The maximum absolute atomic E-state index is 13.1. The number of amides is 3. The first kappa shape index (κ1) is 28.3. The van der Waals surface area contributed by atoms with E-state index in [9.17, 15) is 27.6 Å². The largest absolute Gasteiger partial charge is 0.406 e. The van der Waals surface area contributed by atoms with Crippen molar-refractivity contribution < 1.29 is 27.6 Å². The zero-order valence-electron chi connectivity index (χ0n) is 20.8. The lowest BCUT2D eigenvalue weighted by molar-refractivity contribution is -0.165. The van der Waals surface area contributed by atoms with E-state index < -0.39 is 42.0 Å². The molecule has 11 heteroatoms. The smallest absolute Gasteiger partial charge is 0.385 e. The van der Waals surface area contributed by atoms with Crippen molar-refractivity contribution in [3.8, 4) is 0 Å². The van der Waals surface area contributed by atoms with Crippen LogP contribution in [0.15, 0.2) is 67.1 Å². The van der Waals surface area contributed by atoms with E-state index in [4.69, 9.17) is 5.73 Å². The summed E-state index contributed by atoms with van der Waals surface area (Å²) in [6, 6.07) is 2.97. The molecule has 1 aromatic rings. The summed E-state index contributed by atoms with van der Waals surface area (Å²) >= 11 is 0.611. The minimum atomic E-state index is -4.57. The van der Waals surface area contributed by atoms with Gasteiger partial charge in [0.15, 0.2) is 0 Å². The van der Waals surface area contributed by atoms with Crippen LogP contribution in [0, 0.1) is 5.41 Å². The standard InChI is InChI=1S/C26H28F3N4O3.Al.2H/c1-5-7-8-19-21(30)32-24(36)25(19)12-17-10-9-16(11-18(17)13-25)22(34)31-20(6-2)23(35)33(15(3)4)14-26(27,28)29;;;/h5-11,15,20H,1-3,12-14,30H2,4H3,(H,31,34)(H,32,36);;;/b8-7-;;;/t15-,20-,25+;;;/m0.../s1. The zero-order chi connectivity index (χ0) is 27.5. The molecule has 1 heterocycles. The highest BCUT2D eigenvalue weighted by molar-refractivity contribution is 6.09. The number of halogens is 3. The van der Waals surface area contributed by atoms with Gasteiger partial charge in [-0.25, -0.2) is 0 Å². The molecular formula is C26H30AlF3N4O3. The van der Waals surface area contributed by atoms with Crippen molar-refractivity contribution >= 4 is 34.0 Å². The Labute approximate surface area is 221 Å². The number of nitrogens with one attached hydrogen (secondary N) is 2. The Kier molecular flexibility index (Phi) is 8.40. The van der Waals surface area contributed by atoms with Crippen LogP contribution in [0.3, 0.4) is 0 Å². The van der Waals surface area contributed by atoms with Gasteiger partial charge in [-0.15, -0.1) is 6.58 Å². The lowest BCUT2D eigenvalue weighted by atomic mass is 9.78. The number of nitrogens with two attached hydrogens (primary N) is 1. The molecule has 0 aromatic heterocycles. The van der Waals surface area contributed by atoms with Crippen molar-refractivity contribution in [1.29, 1.82) is 0 Å². The van der Waals surface area contributed by atoms with Gasteiger partial charge in [-0.1, -0.05) is 42.2 Å². The van der Waals surface area contributed by atoms with Crippen LogP contribution in [-0.2, 0) is 22.4 Å². The molecule has 1 spiro atoms. The van der Waals surface area contributed by atoms with Gasteiger partial charge < -0.3 is 21.3 Å². The summed E-state index contributed by atoms with van der Waals surface area (Å²) in [6.07, 6.45) is 2.28. The monoisotopic (exact) mass is 530 g/mol. The second-order valence-electron chi connectivity index (χ2n) is 9.32. The number of fused-ring (bicyclic) bond motifs is 1. The number of carbonyl (C=O) groups is 3. The fourth-order valence-electron chi connectivity index (χ4n) is 4.76. The molecule has 3 atom stereocenters. The maximum atomic E-state index is 13.1. The van der Waals surface area contributed by atoms with E-state index in [1.54, 1.807) is 43.4 Å². The first-order valence-electron chi connectivity index (χ1n) is 11.9. The van der Waals surface area contributed by atoms with Crippen LogP contribution >= 0.6 is 0 Å². The number of nitrogens with zero attached hydrogens (tertiary/aromatic N) is 1. The molecule has 0 saturated carbocycles. The Hall–Kier alpha value is -3.29. The molecule has 1 aliphatic heterocycles. The van der Waals surface area contributed by atoms with Gasteiger partial charge in [-0.2, -0.15) is 13.2 Å². The summed E-state index contributed by atoms with van der Waals surface area (Å²) in [6.45, 7) is 7.33. The van der Waals surface area contributed by atoms with Gasteiger partial charge >= 0.3 is 6.18 Å². The van der Waals surface area contributed by atoms with Crippen LogP contribution < -0.4 is 16.4 Å². The summed E-state index contributed by atoms with van der Waals surface area (Å²) in [5.41, 5.74) is 7.66. The van der Waals surface area contributed by atoms with E-state index in [1.807, 2.05) is 0 Å². The molecule has 1 aliphatic carbocycles. The minimum Gasteiger partial charge on any atom is -0.385 e. The number of alkyl halides is 3. The van der Waals surface area contributed by atoms with Crippen molar-refractivity contribution in [3.05, 3.63) is 83.7 Å². The number of rotatable bonds is 9. The number of hydrogen-bond donors (Lipinski definition) is 3. The van der Waals surface area contributed by atoms with Crippen molar-refractivity contribution in [3.63, 3.8) is 0 Å². The molecule has 0 saturated heterocycles. The predicted molar refractivity (Wildman–Crippen MR) is 137 cm³/mol. The van der Waals surface area contributed by atoms with Gasteiger partial charge in [0, 0.05) is 17.2 Å². The van der Waals surface area contributed by atoms with Crippen LogP contribution in [0.2, 0.25) is 5.28 Å². The molecule has 4 N–H and O–H groups in total. The van der Waals surface area contributed by atoms with Crippen molar-refractivity contribution in [2.75, 3.05) is 6.54 Å². The minimum absolute atomic E-state index is 0.215. The Balaban J connectivity index is 1.82. The zero-order valence-corrected chi connectivity index (χ0v) is 22.8. The molecule has 196 valence electrons. The molecule has 3 amide bonds. The van der Waals surface area contributed by atoms with Crippen molar-refractivity contribution in [2.45, 2.75) is 43.3 Å². The third-order valence-corrected chi connectivity index (χ3v) is 8.07. The first-order chi connectivity index (χ1) is 17.4. The van der Waals surface area contributed by atoms with E-state index in [1.165, 1.54) is 0 Å². The van der Waals surface area contributed by atoms with E-state index in [0.29, 0.717) is 40.0 Å². The topological polar surface area (TPSA) is 105 Å². The van der Waals surface area contributed by atoms with Gasteiger partial charge in [0.1, 0.15) is 18.4 Å². The highest BCUT2D eigenvalue weighted by atomic mass is 27.0. The lowest BCUT2D eigenvalue weighted by Gasteiger charge is -2.32. The Morgan fingerprint density at radius 3 is 2.57 bits per heavy atom. The maximum Gasteiger partial charge on any atom is 0.406 e. The van der Waals surface area contributed by atoms with Crippen LogP contribution in [0.25, 0.3) is 0 Å². The van der Waals surface area contributed by atoms with E-state index in [0.717, 1.165) is 22.1 Å². The normalized spacial score (nSPS) is 20.5. The van der Waals surface area contributed by atoms with Crippen LogP contribution in [0.1, 0.15) is 28.4 Å². The van der Waals surface area contributed by atoms with Gasteiger partial charge in [-0.05, 0) is 43.0 Å². The van der Waals surface area contributed by atoms with Crippen LogP contribution in [0.5, 0.6) is 0 Å². The molecular weight excluding hydrogens is 500 g/mol. The second kappa shape index (κ2) is 11.0. The van der Waals surface area contributed by atoms with Crippen LogP contribution in [0.4, 0.5) is 13.2 Å². The molecule has 2 aliphatic rings. The third-order valence-electron chi connectivity index (χ3n) is 6.88. The molecule has 0 radical (unpaired) electrons. The fourth-order valence-corrected chi connectivity index (χ4v) is 5.20. The van der Waals surface area contributed by atoms with Gasteiger partial charge in [-0.3, -0.25) is 14.4 Å². The summed E-state index contributed by atoms with van der Waals surface area (Å²) in [4.78, 5) is 39.6. The predicted octanol–water partition coefficient (Wildman–Crippen LogP) is 1.93. The van der Waals surface area contributed by atoms with E-state index in [-0.39, 0.29) is 17.3 Å². The molecule has 37 heavy (non-hydrogen) atoms. The van der Waals surface area contributed by atoms with Crippen LogP contribution in [-0.4, -0.2) is 63.7 Å². The van der Waals surface area contributed by atoms with Gasteiger partial charge in [0.2, 0.25) is 28.1 Å². The van der Waals surface area contributed by atoms with E-state index in [2.05, 4.69) is 23.8 Å². The number of carbonyl (C=O) groups excluding carboxylic acids is 3. The molecule has 0 bridgehead atoms. The van der Waals surface area contributed by atoms with E-state index >= 15 is 0 Å². The SMILES string of the molecule is C=C/C=C\C1=C(N)NC(=O)[C@@]12Cc1ccc(C(=O)N[C@@H](C=C)C(=O)N(CC(F)(F)F)[C@H](C)[CH2][AlH2])cc1C2. The molecule has 0 unspecified atom stereocenters. The first-order valence-corrected chi connectivity index (χ1v) is 13.3. The number of hydrogen-bond acceptors (Lipinski definition) is 4. The fraction of sp³-hybridized carbons (Fsp3) is 0.346. The lowest BCUT2D eigenvalue weighted by Crippen LogP contribution is -2.53. The van der Waals surface area contributed by atoms with Gasteiger partial charge in [0.05, 0.1) is 5.41 Å². The Morgan fingerprint density at radius 2 is 1.97 bits per heavy atom. The molecule has 1 aromatic carbocycles. The summed E-state index contributed by atoms with van der Waals surface area (Å²) in [7, 11) is 0. The quantitative estimate of drug-likeness (QED) is 0.258. The third kappa shape index (κ3) is 5.84. The second-order valence-corrected chi connectivity index (χ2v) is 10.1. The van der Waals surface area contributed by atoms with Gasteiger partial charge in [0.25, 0.3) is 5.91 Å². The highest BCUT2D eigenvalue weighted by Crippen LogP contribution is 2.46. The van der Waals surface area contributed by atoms with Crippen molar-refractivity contribution in [2.24, 2.45) is 11.1 Å². The van der Waals surface area contributed by atoms with Crippen molar-refractivity contribution in [1.82, 2.24) is 15.5 Å². The molecule has 7 nitrogen and oxygen atoms in total.